The predicted octanol–water partition coefficient (Wildman–Crippen LogP) is 5.92. The van der Waals surface area contributed by atoms with Crippen LogP contribution in [0.4, 0.5) is 5.82 Å². The summed E-state index contributed by atoms with van der Waals surface area (Å²) in [5, 5.41) is 0. The van der Waals surface area contributed by atoms with Crippen molar-refractivity contribution in [2.75, 3.05) is 31.1 Å². The topological polar surface area (TPSA) is 45.2 Å². The Bertz CT molecular complexity index is 1130. The summed E-state index contributed by atoms with van der Waals surface area (Å²) in [4.78, 5) is 17.7. The molecule has 0 saturated carbocycles. The lowest BCUT2D eigenvalue weighted by molar-refractivity contribution is 0.380. The molecule has 2 aliphatic rings. The second kappa shape index (κ2) is 9.89. The molecule has 4 heterocycles. The van der Waals surface area contributed by atoms with Crippen molar-refractivity contribution in [3.8, 4) is 11.3 Å². The molecule has 5 rings (SSSR count). The van der Waals surface area contributed by atoms with Gasteiger partial charge in [-0.2, -0.15) is 0 Å². The number of hydrogen-bond acceptors (Lipinski definition) is 6. The van der Waals surface area contributed by atoms with Crippen molar-refractivity contribution in [1.82, 2.24) is 19.3 Å². The maximum atomic E-state index is 4.74. The van der Waals surface area contributed by atoms with Gasteiger partial charge in [0.15, 0.2) is 0 Å². The molecule has 0 spiro atoms. The van der Waals surface area contributed by atoms with Crippen molar-refractivity contribution in [3.63, 3.8) is 0 Å². The fraction of sp³-hybridized carbons (Fsp3) is 0.296. The first kappa shape index (κ1) is 21.9. The van der Waals surface area contributed by atoms with E-state index in [9.17, 15) is 0 Å². The van der Waals surface area contributed by atoms with Gasteiger partial charge in [0.05, 0.1) is 17.1 Å². The highest BCUT2D eigenvalue weighted by Crippen LogP contribution is 2.35. The van der Waals surface area contributed by atoms with E-state index in [-0.39, 0.29) is 0 Å². The van der Waals surface area contributed by atoms with E-state index in [2.05, 4.69) is 58.8 Å². The summed E-state index contributed by atoms with van der Waals surface area (Å²) in [6.07, 6.45) is 11.1. The van der Waals surface area contributed by atoms with E-state index in [0.29, 0.717) is 5.92 Å². The molecule has 0 bridgehead atoms. The zero-order valence-corrected chi connectivity index (χ0v) is 19.7. The van der Waals surface area contributed by atoms with E-state index in [4.69, 9.17) is 15.0 Å². The normalized spacial score (nSPS) is 16.9. The second-order valence-corrected chi connectivity index (χ2v) is 9.72. The van der Waals surface area contributed by atoms with Gasteiger partial charge in [0.25, 0.3) is 0 Å². The zero-order valence-electron chi connectivity index (χ0n) is 18.9. The van der Waals surface area contributed by atoms with Gasteiger partial charge in [-0.3, -0.25) is 9.97 Å². The minimum atomic E-state index is 0.337. The lowest BCUT2D eigenvalue weighted by atomic mass is 9.92. The third-order valence-corrected chi connectivity index (χ3v) is 7.46. The molecular weight excluding hydrogens is 426 g/mol. The number of pyridine rings is 1. The Morgan fingerprint density at radius 3 is 2.36 bits per heavy atom. The molecule has 5 nitrogen and oxygen atoms in total. The second-order valence-electron chi connectivity index (χ2n) is 8.55. The Balaban J connectivity index is 1.29. The summed E-state index contributed by atoms with van der Waals surface area (Å²) in [6, 6.07) is 12.9. The average Bonchev–Trinajstić information content (AvgIpc) is 2.84. The van der Waals surface area contributed by atoms with Gasteiger partial charge >= 0.3 is 0 Å². The van der Waals surface area contributed by atoms with Crippen LogP contribution in [0, 0.1) is 0 Å². The van der Waals surface area contributed by atoms with Crippen LogP contribution in [0.5, 0.6) is 0 Å². The number of aromatic nitrogens is 3. The highest BCUT2D eigenvalue weighted by atomic mass is 32.2. The van der Waals surface area contributed by atoms with Crippen LogP contribution in [-0.2, 0) is 0 Å². The largest absolute Gasteiger partial charge is 0.355 e. The summed E-state index contributed by atoms with van der Waals surface area (Å²) in [5.74, 6) is 1.31. The minimum absolute atomic E-state index is 0.337. The van der Waals surface area contributed by atoms with Crippen molar-refractivity contribution in [1.29, 1.82) is 0 Å². The maximum Gasteiger partial charge on any atom is 0.129 e. The van der Waals surface area contributed by atoms with Crippen LogP contribution in [-0.4, -0.2) is 45.4 Å². The number of piperidine rings is 1. The molecule has 0 atom stereocenters. The van der Waals surface area contributed by atoms with Gasteiger partial charge < -0.3 is 4.90 Å². The number of hydrogen-bond donors (Lipinski definition) is 0. The quantitative estimate of drug-likeness (QED) is 0.412. The van der Waals surface area contributed by atoms with Crippen molar-refractivity contribution < 1.29 is 0 Å². The minimum Gasteiger partial charge on any atom is -0.355 e. The van der Waals surface area contributed by atoms with Crippen molar-refractivity contribution in [2.24, 2.45) is 0 Å². The molecular formula is C27H29N5S. The van der Waals surface area contributed by atoms with Crippen molar-refractivity contribution in [2.45, 2.75) is 30.1 Å². The van der Waals surface area contributed by atoms with Crippen molar-refractivity contribution in [3.05, 3.63) is 78.9 Å². The standard InChI is InChI=1S/C27H29N5S/c1-3-20-10-13-25(30-24(20)4-2)31-18-22(19-31)27-26(28-14-15-29-27)21-8-11-23(12-9-21)33-32-16-6-5-7-17-32/h3-4,8-15,22H,1-2,5-7,16-19H2. The van der Waals surface area contributed by atoms with Crippen LogP contribution in [0.3, 0.4) is 0 Å². The monoisotopic (exact) mass is 455 g/mol. The summed E-state index contributed by atoms with van der Waals surface area (Å²) in [5.41, 5.74) is 5.05. The lowest BCUT2D eigenvalue weighted by Crippen LogP contribution is -2.46. The molecule has 3 aromatic rings. The van der Waals surface area contributed by atoms with E-state index >= 15 is 0 Å². The molecule has 2 saturated heterocycles. The first-order chi connectivity index (χ1) is 16.2. The fourth-order valence-electron chi connectivity index (χ4n) is 4.47. The third kappa shape index (κ3) is 4.72. The Kier molecular flexibility index (Phi) is 6.55. The van der Waals surface area contributed by atoms with Gasteiger partial charge in [0.2, 0.25) is 0 Å². The van der Waals surface area contributed by atoms with Crippen molar-refractivity contribution >= 4 is 29.9 Å². The van der Waals surface area contributed by atoms with Gasteiger partial charge in [-0.05, 0) is 60.7 Å². The average molecular weight is 456 g/mol. The number of anilines is 1. The van der Waals surface area contributed by atoms with Crippen LogP contribution in [0.2, 0.25) is 0 Å². The third-order valence-electron chi connectivity index (χ3n) is 6.35. The first-order valence-electron chi connectivity index (χ1n) is 11.6. The maximum absolute atomic E-state index is 4.74. The van der Waals surface area contributed by atoms with Crippen LogP contribution in [0.15, 0.2) is 66.8 Å². The summed E-state index contributed by atoms with van der Waals surface area (Å²) < 4.78 is 2.47. The predicted molar refractivity (Wildman–Crippen MR) is 138 cm³/mol. The molecule has 168 valence electrons. The van der Waals surface area contributed by atoms with E-state index < -0.39 is 0 Å². The Hall–Kier alpha value is -2.96. The van der Waals surface area contributed by atoms with Gasteiger partial charge in [0, 0.05) is 54.9 Å². The Morgan fingerprint density at radius 1 is 0.879 bits per heavy atom. The van der Waals surface area contributed by atoms with Crippen LogP contribution >= 0.6 is 11.9 Å². The summed E-state index contributed by atoms with van der Waals surface area (Å²) in [7, 11) is 0. The Morgan fingerprint density at radius 2 is 1.64 bits per heavy atom. The number of nitrogens with zero attached hydrogens (tertiary/aromatic N) is 5. The highest BCUT2D eigenvalue weighted by Gasteiger charge is 2.32. The molecule has 2 aromatic heterocycles. The Labute approximate surface area is 200 Å². The van der Waals surface area contributed by atoms with Gasteiger partial charge in [0.1, 0.15) is 5.82 Å². The summed E-state index contributed by atoms with van der Waals surface area (Å²) >= 11 is 1.87. The van der Waals surface area contributed by atoms with Gasteiger partial charge in [-0.15, -0.1) is 0 Å². The molecule has 2 aliphatic heterocycles. The van der Waals surface area contributed by atoms with Crippen LogP contribution in [0.1, 0.15) is 42.1 Å². The van der Waals surface area contributed by atoms with E-state index in [1.54, 1.807) is 18.5 Å². The molecule has 0 radical (unpaired) electrons. The summed E-state index contributed by atoms with van der Waals surface area (Å²) in [6.45, 7) is 11.9. The lowest BCUT2D eigenvalue weighted by Gasteiger charge is -2.40. The highest BCUT2D eigenvalue weighted by molar-refractivity contribution is 7.97. The first-order valence-corrected chi connectivity index (χ1v) is 12.4. The van der Waals surface area contributed by atoms with E-state index in [0.717, 1.165) is 47.1 Å². The van der Waals surface area contributed by atoms with Gasteiger partial charge in [-0.1, -0.05) is 37.8 Å². The molecule has 6 heteroatoms. The molecule has 0 aliphatic carbocycles. The van der Waals surface area contributed by atoms with Gasteiger partial charge in [-0.25, -0.2) is 9.29 Å². The molecule has 2 fully saturated rings. The fourth-order valence-corrected chi connectivity index (χ4v) is 5.47. The number of benzene rings is 1. The molecule has 0 unspecified atom stereocenters. The molecule has 1 aromatic carbocycles. The van der Waals surface area contributed by atoms with E-state index in [1.165, 1.54) is 37.2 Å². The molecule has 0 N–H and O–H groups in total. The van der Waals surface area contributed by atoms with Crippen LogP contribution < -0.4 is 4.90 Å². The van der Waals surface area contributed by atoms with E-state index in [1.807, 2.05) is 18.0 Å². The SMILES string of the molecule is C=Cc1ccc(N2CC(c3nccnc3-c3ccc(SN4CCCCC4)cc3)C2)nc1C=C. The van der Waals surface area contributed by atoms with Crippen LogP contribution in [0.25, 0.3) is 23.4 Å². The molecule has 33 heavy (non-hydrogen) atoms. The molecule has 0 amide bonds. The smallest absolute Gasteiger partial charge is 0.129 e. The zero-order chi connectivity index (χ0) is 22.6. The number of rotatable bonds is 7.